The fourth-order valence-corrected chi connectivity index (χ4v) is 4.66. The van der Waals surface area contributed by atoms with Gasteiger partial charge < -0.3 is 15.7 Å². The molecule has 0 spiro atoms. The van der Waals surface area contributed by atoms with E-state index in [4.69, 9.17) is 0 Å². The zero-order chi connectivity index (χ0) is 23.8. The van der Waals surface area contributed by atoms with Gasteiger partial charge in [0.1, 0.15) is 28.8 Å². The number of halogens is 3. The Balaban J connectivity index is 1.52. The van der Waals surface area contributed by atoms with Crippen LogP contribution in [0.5, 0.6) is 0 Å². The molecule has 1 aliphatic carbocycles. The number of carbonyl (C=O) groups is 2. The summed E-state index contributed by atoms with van der Waals surface area (Å²) >= 11 is 0. The van der Waals surface area contributed by atoms with E-state index < -0.39 is 58.1 Å². The first-order chi connectivity index (χ1) is 15.7. The van der Waals surface area contributed by atoms with E-state index in [0.717, 1.165) is 12.8 Å². The van der Waals surface area contributed by atoms with Gasteiger partial charge in [-0.25, -0.2) is 13.2 Å². The van der Waals surface area contributed by atoms with Crippen LogP contribution in [0.3, 0.4) is 0 Å². The molecule has 1 saturated carbocycles. The van der Waals surface area contributed by atoms with Crippen molar-refractivity contribution >= 4 is 17.5 Å². The number of hydrogen-bond acceptors (Lipinski definition) is 3. The summed E-state index contributed by atoms with van der Waals surface area (Å²) in [7, 11) is 0. The van der Waals surface area contributed by atoms with Gasteiger partial charge in [0.2, 0.25) is 0 Å². The molecular weight excluding hydrogens is 433 g/mol. The molecule has 2 aliphatic rings. The lowest BCUT2D eigenvalue weighted by Crippen LogP contribution is -2.44. The lowest BCUT2D eigenvalue weighted by molar-refractivity contribution is -0.121. The number of rotatable bonds is 5. The quantitative estimate of drug-likeness (QED) is 0.550. The third kappa shape index (κ3) is 4.60. The van der Waals surface area contributed by atoms with E-state index in [0.29, 0.717) is 23.7 Å². The van der Waals surface area contributed by atoms with Crippen LogP contribution >= 0.6 is 0 Å². The van der Waals surface area contributed by atoms with Crippen LogP contribution in [0.1, 0.15) is 56.1 Å². The highest BCUT2D eigenvalue weighted by atomic mass is 19.1. The number of amides is 2. The molecule has 0 aromatic heterocycles. The molecule has 4 rings (SSSR count). The van der Waals surface area contributed by atoms with Gasteiger partial charge in [-0.1, -0.05) is 31.4 Å². The molecule has 174 valence electrons. The smallest absolute Gasteiger partial charge is 0.264 e. The third-order valence-corrected chi connectivity index (χ3v) is 6.48. The standard InChI is InChI=1S/C25H25F3N2O3/c1-25(13-18-19(27)11-16(26)12-20(18)28)22(31)21(24(33)30-25)23(32)29-17-9-7-15(8-10-17)14-5-3-2-4-6-14/h7-12,14,31H,2-6,13H2,1H3,(H,29,32)(H,30,33). The summed E-state index contributed by atoms with van der Waals surface area (Å²) in [5.41, 5.74) is -1.02. The molecule has 8 heteroatoms. The summed E-state index contributed by atoms with van der Waals surface area (Å²) in [5.74, 6) is -5.20. The van der Waals surface area contributed by atoms with Crippen molar-refractivity contribution in [2.75, 3.05) is 5.32 Å². The number of aliphatic hydroxyl groups is 1. The molecule has 2 amide bonds. The second-order valence-corrected chi connectivity index (χ2v) is 8.95. The monoisotopic (exact) mass is 458 g/mol. The van der Waals surface area contributed by atoms with Crippen LogP contribution < -0.4 is 10.6 Å². The van der Waals surface area contributed by atoms with Gasteiger partial charge in [-0.05, 0) is 43.4 Å². The van der Waals surface area contributed by atoms with Crippen molar-refractivity contribution in [3.05, 3.63) is 76.3 Å². The number of aliphatic hydroxyl groups excluding tert-OH is 1. The predicted octanol–water partition coefficient (Wildman–Crippen LogP) is 5.03. The van der Waals surface area contributed by atoms with E-state index in [1.165, 1.54) is 31.7 Å². The number of carbonyl (C=O) groups excluding carboxylic acids is 2. The van der Waals surface area contributed by atoms with E-state index in [9.17, 15) is 27.9 Å². The third-order valence-electron chi connectivity index (χ3n) is 6.48. The van der Waals surface area contributed by atoms with Crippen LogP contribution in [-0.4, -0.2) is 22.5 Å². The zero-order valence-corrected chi connectivity index (χ0v) is 18.2. The van der Waals surface area contributed by atoms with Crippen LogP contribution in [0.4, 0.5) is 18.9 Å². The first kappa shape index (κ1) is 22.9. The van der Waals surface area contributed by atoms with Crippen molar-refractivity contribution in [1.82, 2.24) is 5.32 Å². The molecule has 1 unspecified atom stereocenters. The molecule has 33 heavy (non-hydrogen) atoms. The van der Waals surface area contributed by atoms with Gasteiger partial charge in [0, 0.05) is 29.8 Å². The predicted molar refractivity (Wildman–Crippen MR) is 117 cm³/mol. The molecule has 0 bridgehead atoms. The van der Waals surface area contributed by atoms with Crippen LogP contribution in [0.2, 0.25) is 0 Å². The highest BCUT2D eigenvalue weighted by Crippen LogP contribution is 2.34. The Bertz CT molecular complexity index is 1100. The number of benzene rings is 2. The van der Waals surface area contributed by atoms with Gasteiger partial charge in [-0.3, -0.25) is 9.59 Å². The molecule has 1 atom stereocenters. The Morgan fingerprint density at radius 3 is 2.30 bits per heavy atom. The van der Waals surface area contributed by atoms with E-state index in [1.807, 2.05) is 12.1 Å². The maximum atomic E-state index is 14.1. The summed E-state index contributed by atoms with van der Waals surface area (Å²) in [6.07, 6.45) is 5.44. The zero-order valence-electron chi connectivity index (χ0n) is 18.2. The molecule has 5 nitrogen and oxygen atoms in total. The van der Waals surface area contributed by atoms with E-state index >= 15 is 0 Å². The van der Waals surface area contributed by atoms with Crippen molar-refractivity contribution in [2.45, 2.75) is 56.9 Å². The largest absolute Gasteiger partial charge is 0.509 e. The van der Waals surface area contributed by atoms with Crippen molar-refractivity contribution in [1.29, 1.82) is 0 Å². The molecule has 0 saturated heterocycles. The Morgan fingerprint density at radius 2 is 1.70 bits per heavy atom. The Labute approximate surface area is 189 Å². The number of hydrogen-bond donors (Lipinski definition) is 3. The molecule has 1 heterocycles. The molecule has 3 N–H and O–H groups in total. The summed E-state index contributed by atoms with van der Waals surface area (Å²) in [6.45, 7) is 1.34. The Kier molecular flexibility index (Phi) is 6.19. The molecule has 1 fully saturated rings. The Hall–Kier alpha value is -3.29. The fourth-order valence-electron chi connectivity index (χ4n) is 4.66. The molecule has 1 aliphatic heterocycles. The average molecular weight is 458 g/mol. The van der Waals surface area contributed by atoms with E-state index in [-0.39, 0.29) is 0 Å². The number of anilines is 1. The SMILES string of the molecule is CC1(Cc2c(F)cc(F)cc2F)NC(=O)C(C(=O)Nc2ccc(C3CCCCC3)cc2)=C1O. The van der Waals surface area contributed by atoms with Crippen molar-refractivity contribution in [2.24, 2.45) is 0 Å². The van der Waals surface area contributed by atoms with Gasteiger partial charge >= 0.3 is 0 Å². The topological polar surface area (TPSA) is 78.4 Å². The van der Waals surface area contributed by atoms with Crippen LogP contribution in [0, 0.1) is 17.5 Å². The summed E-state index contributed by atoms with van der Waals surface area (Å²) in [6, 6.07) is 8.41. The normalized spacial score (nSPS) is 21.3. The minimum Gasteiger partial charge on any atom is -0.509 e. The second-order valence-electron chi connectivity index (χ2n) is 8.95. The highest BCUT2D eigenvalue weighted by molar-refractivity contribution is 6.24. The van der Waals surface area contributed by atoms with Gasteiger partial charge in [0.25, 0.3) is 11.8 Å². The van der Waals surface area contributed by atoms with Gasteiger partial charge in [-0.2, -0.15) is 0 Å². The lowest BCUT2D eigenvalue weighted by Gasteiger charge is -2.25. The fraction of sp³-hybridized carbons (Fsp3) is 0.360. The van der Waals surface area contributed by atoms with Gasteiger partial charge in [-0.15, -0.1) is 0 Å². The molecular formula is C25H25F3N2O3. The minimum absolute atomic E-state index is 0.455. The lowest BCUT2D eigenvalue weighted by atomic mass is 9.84. The highest BCUT2D eigenvalue weighted by Gasteiger charge is 2.45. The molecule has 2 aromatic carbocycles. The van der Waals surface area contributed by atoms with Crippen LogP contribution in [-0.2, 0) is 16.0 Å². The van der Waals surface area contributed by atoms with Crippen molar-refractivity contribution in [3.8, 4) is 0 Å². The van der Waals surface area contributed by atoms with Crippen LogP contribution in [0.15, 0.2) is 47.7 Å². The maximum Gasteiger partial charge on any atom is 0.264 e. The molecule has 2 aromatic rings. The first-order valence-corrected chi connectivity index (χ1v) is 11.0. The van der Waals surface area contributed by atoms with Crippen molar-refractivity contribution < 1.29 is 27.9 Å². The Morgan fingerprint density at radius 1 is 1.09 bits per heavy atom. The van der Waals surface area contributed by atoms with E-state index in [1.54, 1.807) is 12.1 Å². The van der Waals surface area contributed by atoms with E-state index in [2.05, 4.69) is 10.6 Å². The average Bonchev–Trinajstić information content (AvgIpc) is 3.00. The summed E-state index contributed by atoms with van der Waals surface area (Å²) in [4.78, 5) is 25.2. The summed E-state index contributed by atoms with van der Waals surface area (Å²) < 4.78 is 41.4. The van der Waals surface area contributed by atoms with Gasteiger partial charge in [0.05, 0.1) is 5.54 Å². The summed E-state index contributed by atoms with van der Waals surface area (Å²) in [5, 5.41) is 15.7. The molecule has 0 radical (unpaired) electrons. The number of nitrogens with one attached hydrogen (secondary N) is 2. The first-order valence-electron chi connectivity index (χ1n) is 11.0. The van der Waals surface area contributed by atoms with Crippen LogP contribution in [0.25, 0.3) is 0 Å². The van der Waals surface area contributed by atoms with Crippen molar-refractivity contribution in [3.63, 3.8) is 0 Å². The maximum absolute atomic E-state index is 14.1. The minimum atomic E-state index is -1.63. The second kappa shape index (κ2) is 8.92. The van der Waals surface area contributed by atoms with Gasteiger partial charge in [0.15, 0.2) is 0 Å².